The third-order valence-corrected chi connectivity index (χ3v) is 9.58. The fraction of sp³-hybridized carbons (Fsp3) is 0.333. The number of amides is 8. The van der Waals surface area contributed by atoms with Crippen LogP contribution in [0.4, 0.5) is 9.59 Å². The Morgan fingerprint density at radius 3 is 1.20 bits per heavy atom. The Labute approximate surface area is 305 Å². The first-order valence-corrected chi connectivity index (χ1v) is 16.3. The van der Waals surface area contributed by atoms with E-state index in [0.717, 1.165) is 40.3 Å². The molecule has 8 amide bonds. The first-order chi connectivity index (χ1) is 25.3. The predicted molar refractivity (Wildman–Crippen MR) is 181 cm³/mol. The number of urea groups is 2. The molecule has 4 heterocycles. The van der Waals surface area contributed by atoms with Gasteiger partial charge in [-0.2, -0.15) is 0 Å². The van der Waals surface area contributed by atoms with E-state index >= 15 is 0 Å². The van der Waals surface area contributed by atoms with E-state index in [1.54, 1.807) is 0 Å². The predicted octanol–water partition coefficient (Wildman–Crippen LogP) is 1.67. The molecule has 0 aliphatic carbocycles. The van der Waals surface area contributed by atoms with Gasteiger partial charge in [-0.25, -0.2) is 19.2 Å². The molecule has 5 rings (SSSR count). The molecule has 2 N–H and O–H groups in total. The van der Waals surface area contributed by atoms with Crippen molar-refractivity contribution in [3.63, 3.8) is 0 Å². The molecule has 0 saturated carbocycles. The standard InChI is InChI=1S/C36H34N4O14/c1-15-10-21(41)27(33(49)53-15)23(43)13-19(25-29(45)37(3)35(51)38(4)30(25)46)17-8-7-9-18(12-17)20(26-31(47)39(5)36(52)40(6)32(26)48)14-24(44)28-22(42)11-16(2)54-34(28)50/h7-12,19-20,25-26,41-42H,13-14H2,1-6H3. The number of carbonyl (C=O) groups is 8. The monoisotopic (exact) mass is 746 g/mol. The lowest BCUT2D eigenvalue weighted by Crippen LogP contribution is -2.58. The van der Waals surface area contributed by atoms with Gasteiger partial charge in [0, 0.05) is 65.0 Å². The van der Waals surface area contributed by atoms with Crippen LogP contribution in [0.1, 0.15) is 68.0 Å². The summed E-state index contributed by atoms with van der Waals surface area (Å²) in [6.45, 7) is 2.71. The lowest BCUT2D eigenvalue weighted by molar-refractivity contribution is -0.150. The summed E-state index contributed by atoms with van der Waals surface area (Å²) >= 11 is 0. The quantitative estimate of drug-likeness (QED) is 0.221. The molecule has 0 spiro atoms. The van der Waals surface area contributed by atoms with Crippen molar-refractivity contribution in [2.45, 2.75) is 38.5 Å². The molecule has 2 aliphatic heterocycles. The molecule has 18 heteroatoms. The average Bonchev–Trinajstić information content (AvgIpc) is 3.10. The van der Waals surface area contributed by atoms with Crippen LogP contribution in [0.25, 0.3) is 0 Å². The van der Waals surface area contributed by atoms with Gasteiger partial charge < -0.3 is 19.0 Å². The number of hydrogen-bond donors (Lipinski definition) is 2. The fourth-order valence-corrected chi connectivity index (χ4v) is 6.75. The van der Waals surface area contributed by atoms with Crippen molar-refractivity contribution < 1.29 is 57.4 Å². The number of carbonyl (C=O) groups excluding carboxylic acids is 8. The van der Waals surface area contributed by atoms with Crippen LogP contribution in [0.5, 0.6) is 11.5 Å². The van der Waals surface area contributed by atoms with Crippen molar-refractivity contribution in [1.29, 1.82) is 0 Å². The Hall–Kier alpha value is -6.72. The van der Waals surface area contributed by atoms with Crippen LogP contribution in [0, 0.1) is 25.7 Å². The van der Waals surface area contributed by atoms with E-state index in [2.05, 4.69) is 0 Å². The Kier molecular flexibility index (Phi) is 10.2. The Morgan fingerprint density at radius 2 is 0.907 bits per heavy atom. The summed E-state index contributed by atoms with van der Waals surface area (Å²) in [6, 6.07) is 5.52. The number of barbiturate groups is 2. The molecule has 1 aromatic carbocycles. The number of hydrogen-bond acceptors (Lipinski definition) is 14. The molecule has 282 valence electrons. The van der Waals surface area contributed by atoms with E-state index in [1.165, 1.54) is 38.1 Å². The number of ketones is 2. The zero-order valence-electron chi connectivity index (χ0n) is 29.8. The van der Waals surface area contributed by atoms with Gasteiger partial charge in [-0.05, 0) is 25.0 Å². The number of benzene rings is 1. The number of rotatable bonds is 10. The summed E-state index contributed by atoms with van der Waals surface area (Å²) in [4.78, 5) is 135. The molecule has 2 aromatic heterocycles. The van der Waals surface area contributed by atoms with E-state index in [1.807, 2.05) is 0 Å². The molecule has 2 aliphatic rings. The molecule has 0 radical (unpaired) electrons. The molecule has 0 bridgehead atoms. The number of nitrogens with zero attached hydrogens (tertiary/aromatic N) is 4. The third-order valence-electron chi connectivity index (χ3n) is 9.58. The molecule has 2 saturated heterocycles. The van der Waals surface area contributed by atoms with Crippen molar-refractivity contribution in [2.24, 2.45) is 11.8 Å². The first kappa shape index (κ1) is 38.5. The average molecular weight is 747 g/mol. The van der Waals surface area contributed by atoms with Gasteiger partial charge in [0.1, 0.15) is 46.0 Å². The molecular formula is C36H34N4O14. The fourth-order valence-electron chi connectivity index (χ4n) is 6.75. The smallest absolute Gasteiger partial charge is 0.350 e. The van der Waals surface area contributed by atoms with Crippen LogP contribution in [-0.4, -0.2) is 105 Å². The lowest BCUT2D eigenvalue weighted by Gasteiger charge is -2.37. The number of imide groups is 4. The summed E-state index contributed by atoms with van der Waals surface area (Å²) < 4.78 is 9.97. The van der Waals surface area contributed by atoms with E-state index in [9.17, 15) is 58.2 Å². The van der Waals surface area contributed by atoms with Crippen molar-refractivity contribution in [3.8, 4) is 11.5 Å². The molecule has 2 fully saturated rings. The normalized spacial score (nSPS) is 17.1. The zero-order chi connectivity index (χ0) is 40.1. The largest absolute Gasteiger partial charge is 0.507 e. The van der Waals surface area contributed by atoms with Gasteiger partial charge in [-0.3, -0.25) is 48.4 Å². The Balaban J connectivity index is 1.69. The van der Waals surface area contributed by atoms with Crippen LogP contribution in [0.3, 0.4) is 0 Å². The minimum Gasteiger partial charge on any atom is -0.507 e. The maximum atomic E-state index is 13.7. The minimum absolute atomic E-state index is 0.0141. The van der Waals surface area contributed by atoms with E-state index in [-0.39, 0.29) is 22.6 Å². The molecule has 54 heavy (non-hydrogen) atoms. The van der Waals surface area contributed by atoms with Gasteiger partial charge in [0.25, 0.3) is 0 Å². The van der Waals surface area contributed by atoms with Crippen molar-refractivity contribution >= 4 is 47.3 Å². The highest BCUT2D eigenvalue weighted by molar-refractivity contribution is 6.17. The lowest BCUT2D eigenvalue weighted by atomic mass is 9.75. The topological polar surface area (TPSA) is 250 Å². The minimum atomic E-state index is -1.77. The Bertz CT molecular complexity index is 2090. The summed E-state index contributed by atoms with van der Waals surface area (Å²) in [6.07, 6.45) is -1.60. The van der Waals surface area contributed by atoms with Gasteiger partial charge in [-0.1, -0.05) is 24.3 Å². The van der Waals surface area contributed by atoms with Crippen molar-refractivity contribution in [3.05, 3.63) is 91.0 Å². The highest BCUT2D eigenvalue weighted by Gasteiger charge is 2.50. The highest BCUT2D eigenvalue weighted by Crippen LogP contribution is 2.40. The van der Waals surface area contributed by atoms with Gasteiger partial charge in [0.05, 0.1) is 0 Å². The Morgan fingerprint density at radius 1 is 0.593 bits per heavy atom. The summed E-state index contributed by atoms with van der Waals surface area (Å²) in [5.41, 5.74) is -3.91. The number of aromatic hydroxyl groups is 2. The summed E-state index contributed by atoms with van der Waals surface area (Å²) in [7, 11) is 4.46. The highest BCUT2D eigenvalue weighted by atomic mass is 16.4. The molecule has 3 aromatic rings. The van der Waals surface area contributed by atoms with E-state index in [0.29, 0.717) is 19.6 Å². The van der Waals surface area contributed by atoms with Crippen LogP contribution >= 0.6 is 0 Å². The van der Waals surface area contributed by atoms with E-state index in [4.69, 9.17) is 8.83 Å². The van der Waals surface area contributed by atoms with Crippen molar-refractivity contribution in [1.82, 2.24) is 19.6 Å². The first-order valence-electron chi connectivity index (χ1n) is 16.3. The SMILES string of the molecule is Cc1cc(O)c(C(=O)CC(c2cccc(C(CC(=O)c3c(O)cc(C)oc3=O)C3C(=O)N(C)C(=O)N(C)C3=O)c2)C2C(=O)N(C)C(=O)N(C)C2=O)c(=O)o1. The molecule has 2 unspecified atom stereocenters. The van der Waals surface area contributed by atoms with Gasteiger partial charge in [0.2, 0.25) is 23.6 Å². The van der Waals surface area contributed by atoms with Crippen LogP contribution in [-0.2, 0) is 19.2 Å². The molecule has 2 atom stereocenters. The molecular weight excluding hydrogens is 712 g/mol. The second-order valence-electron chi connectivity index (χ2n) is 13.1. The van der Waals surface area contributed by atoms with E-state index < -0.39 is 118 Å². The second kappa shape index (κ2) is 14.4. The molecule has 18 nitrogen and oxygen atoms in total. The van der Waals surface area contributed by atoms with Crippen LogP contribution < -0.4 is 11.3 Å². The van der Waals surface area contributed by atoms with Gasteiger partial charge in [-0.15, -0.1) is 0 Å². The summed E-state index contributed by atoms with van der Waals surface area (Å²) in [5, 5.41) is 21.0. The third kappa shape index (κ3) is 6.68. The van der Waals surface area contributed by atoms with Gasteiger partial charge in [0.15, 0.2) is 11.6 Å². The zero-order valence-corrected chi connectivity index (χ0v) is 29.8. The van der Waals surface area contributed by atoms with Crippen LogP contribution in [0.2, 0.25) is 0 Å². The maximum absolute atomic E-state index is 13.7. The second-order valence-corrected chi connectivity index (χ2v) is 13.1. The number of Topliss-reactive ketones (excluding diaryl/α,β-unsaturated/α-hetero) is 2. The number of aryl methyl sites for hydroxylation is 2. The summed E-state index contributed by atoms with van der Waals surface area (Å²) in [5.74, 6) is -14.1. The maximum Gasteiger partial charge on any atom is 0.350 e. The van der Waals surface area contributed by atoms with Crippen LogP contribution in [0.15, 0.2) is 54.8 Å². The van der Waals surface area contributed by atoms with Gasteiger partial charge >= 0.3 is 23.3 Å². The van der Waals surface area contributed by atoms with Crippen molar-refractivity contribution in [2.75, 3.05) is 28.2 Å².